The maximum Gasteiger partial charge on any atom is 0.228 e. The Morgan fingerprint density at radius 3 is 2.71 bits per heavy atom. The van der Waals surface area contributed by atoms with E-state index >= 15 is 0 Å². The molecule has 0 saturated heterocycles. The highest BCUT2D eigenvalue weighted by Crippen LogP contribution is 2.39. The summed E-state index contributed by atoms with van der Waals surface area (Å²) in [5.74, 6) is 0.646. The number of benzene rings is 1. The second-order valence-electron chi connectivity index (χ2n) is 3.60. The van der Waals surface area contributed by atoms with Crippen LogP contribution in [0.1, 0.15) is 6.42 Å². The van der Waals surface area contributed by atoms with Gasteiger partial charge in [0.15, 0.2) is 0 Å². The van der Waals surface area contributed by atoms with Gasteiger partial charge in [0, 0.05) is 11.6 Å². The quantitative estimate of drug-likeness (QED) is 0.723. The standard InChI is InChI=1S/C12H13NO/c1-2-9-8-11(9)12(14)13-10-6-4-3-5-7-10/h2-7,9,11H,1,8H2,(H,13,14)/t9-,11+/m1/s1. The van der Waals surface area contributed by atoms with Crippen molar-refractivity contribution in [2.24, 2.45) is 11.8 Å². The van der Waals surface area contributed by atoms with Crippen molar-refractivity contribution in [3.63, 3.8) is 0 Å². The van der Waals surface area contributed by atoms with Crippen molar-refractivity contribution in [2.75, 3.05) is 5.32 Å². The first-order valence-corrected chi connectivity index (χ1v) is 4.79. The molecule has 14 heavy (non-hydrogen) atoms. The van der Waals surface area contributed by atoms with Crippen LogP contribution in [-0.4, -0.2) is 5.91 Å². The minimum absolute atomic E-state index is 0.112. The van der Waals surface area contributed by atoms with Crippen molar-refractivity contribution in [1.82, 2.24) is 0 Å². The Bertz CT molecular complexity index is 345. The van der Waals surface area contributed by atoms with E-state index in [1.807, 2.05) is 36.4 Å². The summed E-state index contributed by atoms with van der Waals surface area (Å²) in [6.07, 6.45) is 2.80. The lowest BCUT2D eigenvalue weighted by Gasteiger charge is -2.02. The van der Waals surface area contributed by atoms with Gasteiger partial charge in [-0.05, 0) is 24.5 Å². The molecule has 2 rings (SSSR count). The molecule has 0 aromatic heterocycles. The average molecular weight is 187 g/mol. The lowest BCUT2D eigenvalue weighted by atomic mass is 10.2. The van der Waals surface area contributed by atoms with Gasteiger partial charge in [0.1, 0.15) is 0 Å². The van der Waals surface area contributed by atoms with Crippen LogP contribution in [0, 0.1) is 11.8 Å². The van der Waals surface area contributed by atoms with Crippen LogP contribution in [0.2, 0.25) is 0 Å². The van der Waals surface area contributed by atoms with Crippen molar-refractivity contribution in [1.29, 1.82) is 0 Å². The molecule has 1 amide bonds. The van der Waals surface area contributed by atoms with Crippen LogP contribution >= 0.6 is 0 Å². The molecule has 1 saturated carbocycles. The van der Waals surface area contributed by atoms with E-state index in [0.29, 0.717) is 5.92 Å². The summed E-state index contributed by atoms with van der Waals surface area (Å²) < 4.78 is 0. The van der Waals surface area contributed by atoms with E-state index in [9.17, 15) is 4.79 Å². The molecule has 2 nitrogen and oxygen atoms in total. The zero-order chi connectivity index (χ0) is 9.97. The van der Waals surface area contributed by atoms with E-state index < -0.39 is 0 Å². The lowest BCUT2D eigenvalue weighted by molar-refractivity contribution is -0.117. The Balaban J connectivity index is 1.93. The molecule has 0 aliphatic heterocycles. The fourth-order valence-corrected chi connectivity index (χ4v) is 1.53. The lowest BCUT2D eigenvalue weighted by Crippen LogP contribution is -2.14. The second-order valence-corrected chi connectivity index (χ2v) is 3.60. The third-order valence-electron chi connectivity index (χ3n) is 2.52. The molecule has 1 aromatic carbocycles. The third kappa shape index (κ3) is 1.84. The molecule has 1 aliphatic carbocycles. The number of rotatable bonds is 3. The van der Waals surface area contributed by atoms with Crippen molar-refractivity contribution in [3.8, 4) is 0 Å². The van der Waals surface area contributed by atoms with Crippen molar-refractivity contribution in [2.45, 2.75) is 6.42 Å². The van der Waals surface area contributed by atoms with E-state index in [4.69, 9.17) is 0 Å². The molecule has 0 radical (unpaired) electrons. The van der Waals surface area contributed by atoms with E-state index in [2.05, 4.69) is 11.9 Å². The number of hydrogen-bond acceptors (Lipinski definition) is 1. The highest BCUT2D eigenvalue weighted by atomic mass is 16.2. The average Bonchev–Trinajstić information content (AvgIpc) is 2.98. The largest absolute Gasteiger partial charge is 0.326 e. The number of allylic oxidation sites excluding steroid dienone is 1. The topological polar surface area (TPSA) is 29.1 Å². The molecular weight excluding hydrogens is 174 g/mol. The summed E-state index contributed by atoms with van der Waals surface area (Å²) in [5.41, 5.74) is 0.868. The summed E-state index contributed by atoms with van der Waals surface area (Å²) in [7, 11) is 0. The number of carbonyl (C=O) groups is 1. The molecule has 1 aliphatic rings. The zero-order valence-electron chi connectivity index (χ0n) is 7.94. The molecule has 1 N–H and O–H groups in total. The number of amides is 1. The molecule has 1 fully saturated rings. The summed E-state index contributed by atoms with van der Waals surface area (Å²) in [6.45, 7) is 3.68. The fraction of sp³-hybridized carbons (Fsp3) is 0.250. The summed E-state index contributed by atoms with van der Waals surface area (Å²) in [4.78, 5) is 11.6. The van der Waals surface area contributed by atoms with Gasteiger partial charge >= 0.3 is 0 Å². The minimum atomic E-state index is 0.112. The first kappa shape index (κ1) is 9.00. The number of nitrogens with one attached hydrogen (secondary N) is 1. The number of para-hydroxylation sites is 1. The predicted octanol–water partition coefficient (Wildman–Crippen LogP) is 2.45. The van der Waals surface area contributed by atoms with Gasteiger partial charge < -0.3 is 5.32 Å². The van der Waals surface area contributed by atoms with Gasteiger partial charge in [0.25, 0.3) is 0 Å². The number of hydrogen-bond donors (Lipinski definition) is 1. The van der Waals surface area contributed by atoms with Gasteiger partial charge in [0.2, 0.25) is 5.91 Å². The zero-order valence-corrected chi connectivity index (χ0v) is 7.94. The SMILES string of the molecule is C=C[C@@H]1C[C@@H]1C(=O)Nc1ccccc1. The monoisotopic (exact) mass is 187 g/mol. The third-order valence-corrected chi connectivity index (χ3v) is 2.52. The molecular formula is C12H13NO. The first-order chi connectivity index (χ1) is 6.81. The van der Waals surface area contributed by atoms with Gasteiger partial charge in [-0.3, -0.25) is 4.79 Å². The van der Waals surface area contributed by atoms with Gasteiger partial charge in [0.05, 0.1) is 0 Å². The van der Waals surface area contributed by atoms with E-state index in [-0.39, 0.29) is 11.8 Å². The maximum absolute atomic E-state index is 11.6. The molecule has 1 aromatic rings. The highest BCUT2D eigenvalue weighted by molar-refractivity contribution is 5.94. The maximum atomic E-state index is 11.6. The van der Waals surface area contributed by atoms with Crippen LogP contribution in [0.5, 0.6) is 0 Å². The van der Waals surface area contributed by atoms with E-state index in [1.165, 1.54) is 0 Å². The van der Waals surface area contributed by atoms with Crippen molar-refractivity contribution < 1.29 is 4.79 Å². The number of carbonyl (C=O) groups excluding carboxylic acids is 1. The second kappa shape index (κ2) is 3.66. The fourth-order valence-electron chi connectivity index (χ4n) is 1.53. The van der Waals surface area contributed by atoms with Gasteiger partial charge in [-0.1, -0.05) is 24.3 Å². The Labute approximate surface area is 83.6 Å². The van der Waals surface area contributed by atoms with Crippen LogP contribution in [0.4, 0.5) is 5.69 Å². The first-order valence-electron chi connectivity index (χ1n) is 4.79. The highest BCUT2D eigenvalue weighted by Gasteiger charge is 2.40. The molecule has 0 bridgehead atoms. The van der Waals surface area contributed by atoms with Gasteiger partial charge in [-0.2, -0.15) is 0 Å². The summed E-state index contributed by atoms with van der Waals surface area (Å²) in [5, 5.41) is 2.88. The van der Waals surface area contributed by atoms with Gasteiger partial charge in [-0.15, -0.1) is 6.58 Å². The number of anilines is 1. The van der Waals surface area contributed by atoms with Crippen molar-refractivity contribution in [3.05, 3.63) is 43.0 Å². The molecule has 72 valence electrons. The predicted molar refractivity (Wildman–Crippen MR) is 56.9 cm³/mol. The normalized spacial score (nSPS) is 24.0. The van der Waals surface area contributed by atoms with E-state index in [0.717, 1.165) is 12.1 Å². The van der Waals surface area contributed by atoms with Crippen LogP contribution in [0.3, 0.4) is 0 Å². The smallest absolute Gasteiger partial charge is 0.228 e. The molecule has 0 heterocycles. The van der Waals surface area contributed by atoms with E-state index in [1.54, 1.807) is 0 Å². The molecule has 0 unspecified atom stereocenters. The molecule has 2 atom stereocenters. The van der Waals surface area contributed by atoms with Crippen LogP contribution < -0.4 is 5.32 Å². The summed E-state index contributed by atoms with van der Waals surface area (Å²) >= 11 is 0. The van der Waals surface area contributed by atoms with Crippen LogP contribution in [0.25, 0.3) is 0 Å². The van der Waals surface area contributed by atoms with Crippen LogP contribution in [-0.2, 0) is 4.79 Å². The molecule has 2 heteroatoms. The minimum Gasteiger partial charge on any atom is -0.326 e. The molecule has 0 spiro atoms. The Morgan fingerprint density at radius 2 is 2.14 bits per heavy atom. The Morgan fingerprint density at radius 1 is 1.43 bits per heavy atom. The van der Waals surface area contributed by atoms with Crippen molar-refractivity contribution >= 4 is 11.6 Å². The summed E-state index contributed by atoms with van der Waals surface area (Å²) in [6, 6.07) is 9.53. The Kier molecular flexibility index (Phi) is 2.35. The Hall–Kier alpha value is -1.57. The van der Waals surface area contributed by atoms with Crippen LogP contribution in [0.15, 0.2) is 43.0 Å². The van der Waals surface area contributed by atoms with Gasteiger partial charge in [-0.25, -0.2) is 0 Å².